The van der Waals surface area contributed by atoms with Gasteiger partial charge in [0.05, 0.1) is 0 Å². The van der Waals surface area contributed by atoms with Gasteiger partial charge in [-0.05, 0) is 54.7 Å². The van der Waals surface area contributed by atoms with Crippen LogP contribution in [0, 0.1) is 0 Å². The summed E-state index contributed by atoms with van der Waals surface area (Å²) in [6, 6.07) is 17.3. The van der Waals surface area contributed by atoms with Crippen molar-refractivity contribution in [2.24, 2.45) is 0 Å². The molecule has 2 rings (SSSR count). The Morgan fingerprint density at radius 3 is 2.12 bits per heavy atom. The fourth-order valence-corrected chi connectivity index (χ4v) is 2.58. The Bertz CT molecular complexity index is 633. The molecule has 0 saturated heterocycles. The van der Waals surface area contributed by atoms with E-state index >= 15 is 0 Å². The molecule has 0 heterocycles. The van der Waals surface area contributed by atoms with Crippen LogP contribution in [0.15, 0.2) is 72.8 Å². The Morgan fingerprint density at radius 2 is 1.50 bits per heavy atom. The van der Waals surface area contributed by atoms with E-state index in [1.807, 2.05) is 43.4 Å². The van der Waals surface area contributed by atoms with Gasteiger partial charge in [0.15, 0.2) is 0 Å². The summed E-state index contributed by atoms with van der Waals surface area (Å²) in [5, 5.41) is 0. The maximum Gasteiger partial charge on any atom is 0.119 e. The molecule has 1 nitrogen and oxygen atoms in total. The van der Waals surface area contributed by atoms with Gasteiger partial charge in [0.1, 0.15) is 12.4 Å². The zero-order chi connectivity index (χ0) is 17.0. The minimum atomic E-state index is 0.593. The highest BCUT2D eigenvalue weighted by Gasteiger charge is 2.00. The molecule has 0 aliphatic heterocycles. The third-order valence-corrected chi connectivity index (χ3v) is 4.00. The molecule has 0 fully saturated rings. The third-order valence-electron chi connectivity index (χ3n) is 4.00. The van der Waals surface area contributed by atoms with Crippen LogP contribution < -0.4 is 4.74 Å². The summed E-state index contributed by atoms with van der Waals surface area (Å²) in [7, 11) is 0. The van der Waals surface area contributed by atoms with E-state index in [-0.39, 0.29) is 0 Å². The van der Waals surface area contributed by atoms with Crippen molar-refractivity contribution in [3.05, 3.63) is 78.4 Å². The second-order valence-electron chi connectivity index (χ2n) is 5.94. The van der Waals surface area contributed by atoms with E-state index in [4.69, 9.17) is 4.74 Å². The molecule has 0 N–H and O–H groups in total. The highest BCUT2D eigenvalue weighted by atomic mass is 16.5. The summed E-state index contributed by atoms with van der Waals surface area (Å²) in [5.74, 6) is 0.903. The lowest BCUT2D eigenvalue weighted by Gasteiger charge is -2.07. The monoisotopic (exact) mass is 320 g/mol. The summed E-state index contributed by atoms with van der Waals surface area (Å²) in [4.78, 5) is 0. The molecule has 0 atom stereocenters. The molecule has 0 radical (unpaired) electrons. The van der Waals surface area contributed by atoms with Crippen molar-refractivity contribution in [1.29, 1.82) is 0 Å². The molecule has 2 aromatic rings. The Morgan fingerprint density at radius 1 is 0.833 bits per heavy atom. The summed E-state index contributed by atoms with van der Waals surface area (Å²) in [6.07, 6.45) is 13.1. The lowest BCUT2D eigenvalue weighted by molar-refractivity contribution is 0.363. The minimum Gasteiger partial charge on any atom is -0.490 e. The van der Waals surface area contributed by atoms with Crippen molar-refractivity contribution >= 4 is 0 Å². The fraction of sp³-hybridized carbons (Fsp3) is 0.304. The zero-order valence-corrected chi connectivity index (χ0v) is 14.9. The first-order valence-electron chi connectivity index (χ1n) is 8.93. The second-order valence-corrected chi connectivity index (χ2v) is 5.94. The van der Waals surface area contributed by atoms with Crippen LogP contribution in [0.2, 0.25) is 0 Å². The topological polar surface area (TPSA) is 9.23 Å². The first kappa shape index (κ1) is 18.1. The van der Waals surface area contributed by atoms with Gasteiger partial charge in [0.25, 0.3) is 0 Å². The average Bonchev–Trinajstić information content (AvgIpc) is 2.63. The number of ether oxygens (including phenoxy) is 1. The van der Waals surface area contributed by atoms with Gasteiger partial charge in [0.2, 0.25) is 0 Å². The highest BCUT2D eigenvalue weighted by Crippen LogP contribution is 2.23. The first-order chi connectivity index (χ1) is 11.8. The number of aryl methyl sites for hydroxylation is 1. The van der Waals surface area contributed by atoms with Gasteiger partial charge < -0.3 is 4.74 Å². The molecule has 0 aromatic heterocycles. The molecule has 0 saturated carbocycles. The van der Waals surface area contributed by atoms with Crippen LogP contribution in [0.4, 0.5) is 0 Å². The Hall–Kier alpha value is -2.28. The summed E-state index contributed by atoms with van der Waals surface area (Å²) < 4.78 is 5.70. The molecule has 2 aromatic carbocycles. The van der Waals surface area contributed by atoms with Gasteiger partial charge in [-0.1, -0.05) is 74.4 Å². The molecule has 0 aliphatic rings. The van der Waals surface area contributed by atoms with Crippen LogP contribution in [0.5, 0.6) is 5.75 Å². The van der Waals surface area contributed by atoms with Gasteiger partial charge in [0, 0.05) is 0 Å². The average molecular weight is 320 g/mol. The highest BCUT2D eigenvalue weighted by molar-refractivity contribution is 5.64. The molecule has 0 amide bonds. The normalized spacial score (nSPS) is 11.4. The molecule has 0 spiro atoms. The van der Waals surface area contributed by atoms with Crippen molar-refractivity contribution in [3.63, 3.8) is 0 Å². The van der Waals surface area contributed by atoms with Crippen molar-refractivity contribution in [2.45, 2.75) is 39.5 Å². The predicted octanol–water partition coefficient (Wildman–Crippen LogP) is 6.60. The number of rotatable bonds is 9. The van der Waals surface area contributed by atoms with Crippen molar-refractivity contribution in [2.75, 3.05) is 6.61 Å². The molecule has 1 heteroatoms. The SMILES string of the molecule is C/C=C/C=C/COc1ccc(-c2ccc(CCCCC)cc2)cc1. The smallest absolute Gasteiger partial charge is 0.119 e. The summed E-state index contributed by atoms with van der Waals surface area (Å²) in [5.41, 5.74) is 3.92. The number of unbranched alkanes of at least 4 members (excludes halogenated alkanes) is 2. The van der Waals surface area contributed by atoms with E-state index in [0.717, 1.165) is 5.75 Å². The van der Waals surface area contributed by atoms with E-state index in [2.05, 4.69) is 43.3 Å². The number of hydrogen-bond acceptors (Lipinski definition) is 1. The number of benzene rings is 2. The van der Waals surface area contributed by atoms with E-state index in [9.17, 15) is 0 Å². The van der Waals surface area contributed by atoms with Crippen molar-refractivity contribution in [1.82, 2.24) is 0 Å². The van der Waals surface area contributed by atoms with E-state index in [0.29, 0.717) is 6.61 Å². The fourth-order valence-electron chi connectivity index (χ4n) is 2.58. The van der Waals surface area contributed by atoms with Crippen molar-refractivity contribution < 1.29 is 4.74 Å². The van der Waals surface area contributed by atoms with Crippen LogP contribution in [0.25, 0.3) is 11.1 Å². The van der Waals surface area contributed by atoms with E-state index in [1.54, 1.807) is 0 Å². The first-order valence-corrected chi connectivity index (χ1v) is 8.93. The van der Waals surface area contributed by atoms with Gasteiger partial charge in [-0.2, -0.15) is 0 Å². The Labute approximate surface area is 146 Å². The van der Waals surface area contributed by atoms with Gasteiger partial charge >= 0.3 is 0 Å². The molecule has 126 valence electrons. The molecule has 0 aliphatic carbocycles. The van der Waals surface area contributed by atoms with Crippen LogP contribution in [0.3, 0.4) is 0 Å². The summed E-state index contributed by atoms with van der Waals surface area (Å²) in [6.45, 7) is 4.84. The quantitative estimate of drug-likeness (QED) is 0.374. The van der Waals surface area contributed by atoms with Gasteiger partial charge in [-0.15, -0.1) is 0 Å². The lowest BCUT2D eigenvalue weighted by Crippen LogP contribution is -1.92. The van der Waals surface area contributed by atoms with Crippen molar-refractivity contribution in [3.8, 4) is 16.9 Å². The standard InChI is InChI=1S/C23H28O/c1-3-5-7-9-19-24-23-17-15-22(16-18-23)21-13-11-20(12-14-21)10-8-6-4-2/h3,5,7,9,11-18H,4,6,8,10,19H2,1-2H3/b5-3+,9-7+. The van der Waals surface area contributed by atoms with Crippen LogP contribution in [-0.2, 0) is 6.42 Å². The number of hydrogen-bond donors (Lipinski definition) is 0. The zero-order valence-electron chi connectivity index (χ0n) is 14.9. The molecule has 24 heavy (non-hydrogen) atoms. The van der Waals surface area contributed by atoms with Crippen LogP contribution in [0.1, 0.15) is 38.7 Å². The van der Waals surface area contributed by atoms with Gasteiger partial charge in [-0.25, -0.2) is 0 Å². The molecule has 0 bridgehead atoms. The molecular weight excluding hydrogens is 292 g/mol. The lowest BCUT2D eigenvalue weighted by atomic mass is 10.0. The number of allylic oxidation sites excluding steroid dienone is 3. The molecule has 0 unspecified atom stereocenters. The largest absolute Gasteiger partial charge is 0.490 e. The minimum absolute atomic E-state index is 0.593. The Kier molecular flexibility index (Phi) is 7.89. The summed E-state index contributed by atoms with van der Waals surface area (Å²) >= 11 is 0. The van der Waals surface area contributed by atoms with E-state index in [1.165, 1.54) is 42.4 Å². The second kappa shape index (κ2) is 10.5. The third kappa shape index (κ3) is 6.08. The maximum atomic E-state index is 5.70. The molecular formula is C23H28O. The predicted molar refractivity (Wildman–Crippen MR) is 105 cm³/mol. The van der Waals surface area contributed by atoms with E-state index < -0.39 is 0 Å². The Balaban J connectivity index is 1.90. The maximum absolute atomic E-state index is 5.70. The van der Waals surface area contributed by atoms with Gasteiger partial charge in [-0.3, -0.25) is 0 Å². The van der Waals surface area contributed by atoms with Crippen LogP contribution in [-0.4, -0.2) is 6.61 Å². The van der Waals surface area contributed by atoms with Crippen LogP contribution >= 0.6 is 0 Å².